The summed E-state index contributed by atoms with van der Waals surface area (Å²) >= 11 is 0. The zero-order valence-electron chi connectivity index (χ0n) is 8.80. The predicted octanol–water partition coefficient (Wildman–Crippen LogP) is 1.35. The van der Waals surface area contributed by atoms with Crippen molar-refractivity contribution in [2.45, 2.75) is 38.5 Å². The first-order valence-corrected chi connectivity index (χ1v) is 5.85. The standard InChI is InChI=1S/C11H20N2O/c14-11-8-12-9-13(11)7-6-10-4-2-1-3-5-10/h10,12H,1-9H2. The van der Waals surface area contributed by atoms with Gasteiger partial charge in [0.1, 0.15) is 0 Å². The fourth-order valence-electron chi connectivity index (χ4n) is 2.52. The zero-order valence-corrected chi connectivity index (χ0v) is 8.80. The highest BCUT2D eigenvalue weighted by atomic mass is 16.2. The molecule has 80 valence electrons. The molecule has 3 heteroatoms. The van der Waals surface area contributed by atoms with Gasteiger partial charge in [-0.05, 0) is 12.3 Å². The van der Waals surface area contributed by atoms with Gasteiger partial charge in [-0.25, -0.2) is 0 Å². The molecule has 0 radical (unpaired) electrons. The van der Waals surface area contributed by atoms with Gasteiger partial charge < -0.3 is 4.90 Å². The van der Waals surface area contributed by atoms with Crippen molar-refractivity contribution in [3.05, 3.63) is 0 Å². The van der Waals surface area contributed by atoms with Crippen LogP contribution < -0.4 is 5.32 Å². The van der Waals surface area contributed by atoms with Crippen LogP contribution in [0.5, 0.6) is 0 Å². The minimum absolute atomic E-state index is 0.279. The Morgan fingerprint density at radius 1 is 1.29 bits per heavy atom. The van der Waals surface area contributed by atoms with Crippen molar-refractivity contribution in [1.82, 2.24) is 10.2 Å². The van der Waals surface area contributed by atoms with Crippen molar-refractivity contribution in [3.8, 4) is 0 Å². The summed E-state index contributed by atoms with van der Waals surface area (Å²) in [5, 5.41) is 3.09. The molecule has 0 aromatic heterocycles. The van der Waals surface area contributed by atoms with E-state index in [9.17, 15) is 4.79 Å². The van der Waals surface area contributed by atoms with E-state index in [0.29, 0.717) is 6.54 Å². The number of hydrogen-bond donors (Lipinski definition) is 1. The first kappa shape index (κ1) is 9.97. The van der Waals surface area contributed by atoms with Crippen LogP contribution in [0.1, 0.15) is 38.5 Å². The third-order valence-electron chi connectivity index (χ3n) is 3.46. The molecule has 0 unspecified atom stereocenters. The van der Waals surface area contributed by atoms with Gasteiger partial charge in [0.15, 0.2) is 0 Å². The van der Waals surface area contributed by atoms with E-state index in [4.69, 9.17) is 0 Å². The van der Waals surface area contributed by atoms with Crippen LogP contribution in [0.15, 0.2) is 0 Å². The van der Waals surface area contributed by atoms with Gasteiger partial charge in [-0.3, -0.25) is 10.1 Å². The lowest BCUT2D eigenvalue weighted by atomic mass is 9.87. The average molecular weight is 196 g/mol. The number of nitrogens with zero attached hydrogens (tertiary/aromatic N) is 1. The molecule has 0 atom stereocenters. The molecule has 0 spiro atoms. The zero-order chi connectivity index (χ0) is 9.80. The molecule has 1 aliphatic carbocycles. The molecule has 1 aliphatic heterocycles. The second-order valence-electron chi connectivity index (χ2n) is 4.53. The predicted molar refractivity (Wildman–Crippen MR) is 55.8 cm³/mol. The summed E-state index contributed by atoms with van der Waals surface area (Å²) in [5.41, 5.74) is 0. The van der Waals surface area contributed by atoms with Gasteiger partial charge in [0.2, 0.25) is 5.91 Å². The molecule has 2 aliphatic rings. The minimum atomic E-state index is 0.279. The maximum atomic E-state index is 11.3. The van der Waals surface area contributed by atoms with E-state index in [1.54, 1.807) is 0 Å². The molecule has 0 bridgehead atoms. The molecule has 1 N–H and O–H groups in total. The van der Waals surface area contributed by atoms with Gasteiger partial charge in [-0.1, -0.05) is 32.1 Å². The van der Waals surface area contributed by atoms with Crippen molar-refractivity contribution in [2.75, 3.05) is 19.8 Å². The van der Waals surface area contributed by atoms with Gasteiger partial charge in [0.05, 0.1) is 13.2 Å². The minimum Gasteiger partial charge on any atom is -0.329 e. The molecule has 3 nitrogen and oxygen atoms in total. The second kappa shape index (κ2) is 4.78. The van der Waals surface area contributed by atoms with Crippen molar-refractivity contribution < 1.29 is 4.79 Å². The van der Waals surface area contributed by atoms with Gasteiger partial charge in [-0.2, -0.15) is 0 Å². The average Bonchev–Trinajstić information content (AvgIpc) is 2.63. The van der Waals surface area contributed by atoms with Crippen LogP contribution in [-0.2, 0) is 4.79 Å². The lowest BCUT2D eigenvalue weighted by molar-refractivity contribution is -0.126. The van der Waals surface area contributed by atoms with Crippen LogP contribution in [0, 0.1) is 5.92 Å². The summed E-state index contributed by atoms with van der Waals surface area (Å²) in [5.74, 6) is 1.16. The quantitative estimate of drug-likeness (QED) is 0.739. The Morgan fingerprint density at radius 3 is 2.71 bits per heavy atom. The van der Waals surface area contributed by atoms with E-state index in [-0.39, 0.29) is 5.91 Å². The molecule has 1 amide bonds. The fraction of sp³-hybridized carbons (Fsp3) is 0.909. The summed E-state index contributed by atoms with van der Waals surface area (Å²) in [7, 11) is 0. The molecule has 2 rings (SSSR count). The molecule has 14 heavy (non-hydrogen) atoms. The Bertz CT molecular complexity index is 199. The Hall–Kier alpha value is -0.570. The van der Waals surface area contributed by atoms with E-state index >= 15 is 0 Å². The Balaban J connectivity index is 1.68. The third-order valence-corrected chi connectivity index (χ3v) is 3.46. The van der Waals surface area contributed by atoms with Crippen LogP contribution in [0.25, 0.3) is 0 Å². The number of carbonyl (C=O) groups is 1. The lowest BCUT2D eigenvalue weighted by Gasteiger charge is -2.23. The van der Waals surface area contributed by atoms with Crippen molar-refractivity contribution in [1.29, 1.82) is 0 Å². The van der Waals surface area contributed by atoms with Crippen LogP contribution in [0.2, 0.25) is 0 Å². The van der Waals surface area contributed by atoms with Crippen LogP contribution in [0.4, 0.5) is 0 Å². The smallest absolute Gasteiger partial charge is 0.237 e. The molecular formula is C11H20N2O. The van der Waals surface area contributed by atoms with E-state index in [1.807, 2.05) is 4.90 Å². The van der Waals surface area contributed by atoms with E-state index < -0.39 is 0 Å². The second-order valence-corrected chi connectivity index (χ2v) is 4.53. The molecular weight excluding hydrogens is 176 g/mol. The molecule has 0 aromatic rings. The fourth-order valence-corrected chi connectivity index (χ4v) is 2.52. The van der Waals surface area contributed by atoms with E-state index in [2.05, 4.69) is 5.32 Å². The number of amides is 1. The number of hydrogen-bond acceptors (Lipinski definition) is 2. The van der Waals surface area contributed by atoms with E-state index in [0.717, 1.165) is 19.1 Å². The summed E-state index contributed by atoms with van der Waals surface area (Å²) in [6.45, 7) is 2.28. The Morgan fingerprint density at radius 2 is 2.07 bits per heavy atom. The normalized spacial score (nSPS) is 24.6. The summed E-state index contributed by atoms with van der Waals surface area (Å²) in [4.78, 5) is 13.3. The van der Waals surface area contributed by atoms with Gasteiger partial charge in [0, 0.05) is 6.54 Å². The van der Waals surface area contributed by atoms with Gasteiger partial charge >= 0.3 is 0 Å². The van der Waals surface area contributed by atoms with Crippen molar-refractivity contribution >= 4 is 5.91 Å². The maximum absolute atomic E-state index is 11.3. The first-order valence-electron chi connectivity index (χ1n) is 5.85. The SMILES string of the molecule is O=C1CNCN1CCC1CCCCC1. The van der Waals surface area contributed by atoms with Gasteiger partial charge in [0.25, 0.3) is 0 Å². The Labute approximate surface area is 85.8 Å². The van der Waals surface area contributed by atoms with E-state index in [1.165, 1.54) is 38.5 Å². The molecule has 2 fully saturated rings. The molecule has 1 saturated heterocycles. The molecule has 0 aromatic carbocycles. The highest BCUT2D eigenvalue weighted by Crippen LogP contribution is 2.26. The summed E-state index contributed by atoms with van der Waals surface area (Å²) < 4.78 is 0. The van der Waals surface area contributed by atoms with Gasteiger partial charge in [-0.15, -0.1) is 0 Å². The highest BCUT2D eigenvalue weighted by molar-refractivity contribution is 5.79. The maximum Gasteiger partial charge on any atom is 0.237 e. The Kier molecular flexibility index (Phi) is 3.40. The number of carbonyl (C=O) groups excluding carboxylic acids is 1. The third kappa shape index (κ3) is 2.47. The summed E-state index contributed by atoms with van der Waals surface area (Å²) in [6.07, 6.45) is 8.20. The van der Waals surface area contributed by atoms with Crippen molar-refractivity contribution in [3.63, 3.8) is 0 Å². The largest absolute Gasteiger partial charge is 0.329 e. The van der Waals surface area contributed by atoms with Crippen LogP contribution in [0.3, 0.4) is 0 Å². The molecule has 1 heterocycles. The number of nitrogens with one attached hydrogen (secondary N) is 1. The van der Waals surface area contributed by atoms with Crippen molar-refractivity contribution in [2.24, 2.45) is 5.92 Å². The topological polar surface area (TPSA) is 32.3 Å². The lowest BCUT2D eigenvalue weighted by Crippen LogP contribution is -2.29. The monoisotopic (exact) mass is 196 g/mol. The molecule has 1 saturated carbocycles. The van der Waals surface area contributed by atoms with Crippen LogP contribution in [-0.4, -0.2) is 30.6 Å². The number of rotatable bonds is 3. The highest BCUT2D eigenvalue weighted by Gasteiger charge is 2.21. The van der Waals surface area contributed by atoms with Crippen LogP contribution >= 0.6 is 0 Å². The first-order chi connectivity index (χ1) is 6.86. The summed E-state index contributed by atoms with van der Waals surface area (Å²) in [6, 6.07) is 0.